The summed E-state index contributed by atoms with van der Waals surface area (Å²) in [5.41, 5.74) is 0.268. The number of H-pyrrole nitrogens is 1. The predicted octanol–water partition coefficient (Wildman–Crippen LogP) is 1.43. The highest BCUT2D eigenvalue weighted by atomic mass is 16.5. The van der Waals surface area contributed by atoms with Gasteiger partial charge in [0.05, 0.1) is 37.6 Å². The summed E-state index contributed by atoms with van der Waals surface area (Å²) >= 11 is 0. The third-order valence-electron chi connectivity index (χ3n) is 3.02. The van der Waals surface area contributed by atoms with Crippen LogP contribution in [-0.4, -0.2) is 36.5 Å². The fourth-order valence-electron chi connectivity index (χ4n) is 2.05. The van der Waals surface area contributed by atoms with E-state index in [9.17, 15) is 9.59 Å². The quantitative estimate of drug-likeness (QED) is 0.840. The Bertz CT molecular complexity index is 751. The van der Waals surface area contributed by atoms with Crippen molar-refractivity contribution < 1.29 is 19.0 Å². The molecule has 22 heavy (non-hydrogen) atoms. The Labute approximate surface area is 127 Å². The Morgan fingerprint density at radius 2 is 1.86 bits per heavy atom. The summed E-state index contributed by atoms with van der Waals surface area (Å²) < 4.78 is 15.4. The van der Waals surface area contributed by atoms with Crippen LogP contribution in [0.2, 0.25) is 0 Å². The molecule has 0 aliphatic rings. The summed E-state index contributed by atoms with van der Waals surface area (Å²) in [5, 5.41) is 7.08. The number of ether oxygens (including phenoxy) is 3. The van der Waals surface area contributed by atoms with E-state index in [0.29, 0.717) is 22.4 Å². The van der Waals surface area contributed by atoms with Crippen LogP contribution < -0.4 is 14.9 Å². The first-order chi connectivity index (χ1) is 10.5. The van der Waals surface area contributed by atoms with Gasteiger partial charge in [0.25, 0.3) is 0 Å². The van der Waals surface area contributed by atoms with Gasteiger partial charge in [-0.25, -0.2) is 0 Å². The molecule has 0 saturated heterocycles. The molecule has 0 atom stereocenters. The molecule has 2 aromatic rings. The van der Waals surface area contributed by atoms with Crippen molar-refractivity contribution in [3.05, 3.63) is 28.0 Å². The first-order valence-corrected chi connectivity index (χ1v) is 6.79. The van der Waals surface area contributed by atoms with Crippen molar-refractivity contribution in [1.29, 1.82) is 0 Å². The van der Waals surface area contributed by atoms with Gasteiger partial charge in [-0.2, -0.15) is 5.10 Å². The number of esters is 1. The van der Waals surface area contributed by atoms with Gasteiger partial charge in [0.2, 0.25) is 5.43 Å². The number of benzene rings is 1. The van der Waals surface area contributed by atoms with Gasteiger partial charge >= 0.3 is 5.97 Å². The summed E-state index contributed by atoms with van der Waals surface area (Å²) in [6.45, 7) is 3.49. The molecule has 0 spiro atoms. The van der Waals surface area contributed by atoms with Crippen molar-refractivity contribution in [3.8, 4) is 11.5 Å². The number of hydrogen-bond acceptors (Lipinski definition) is 6. The highest BCUT2D eigenvalue weighted by molar-refractivity contribution is 5.83. The number of methoxy groups -OCH3 is 2. The summed E-state index contributed by atoms with van der Waals surface area (Å²) in [5.74, 6) is 0.426. The Hall–Kier alpha value is -2.57. The summed E-state index contributed by atoms with van der Waals surface area (Å²) in [6, 6.07) is 3.19. The number of rotatable bonds is 5. The lowest BCUT2D eigenvalue weighted by Crippen LogP contribution is -2.21. The molecule has 0 aliphatic carbocycles. The van der Waals surface area contributed by atoms with Crippen molar-refractivity contribution in [2.45, 2.75) is 26.4 Å². The molecule has 1 N–H and O–H groups in total. The number of aromatic nitrogens is 2. The number of aromatic amines is 1. The Balaban J connectivity index is 2.45. The van der Waals surface area contributed by atoms with E-state index < -0.39 is 5.97 Å². The van der Waals surface area contributed by atoms with Gasteiger partial charge in [0.15, 0.2) is 11.5 Å². The molecule has 0 amide bonds. The molecule has 0 saturated carbocycles. The molecule has 0 bridgehead atoms. The molecule has 0 radical (unpaired) electrons. The van der Waals surface area contributed by atoms with Crippen LogP contribution in [-0.2, 0) is 16.0 Å². The number of carbonyl (C=O) groups is 1. The van der Waals surface area contributed by atoms with E-state index in [2.05, 4.69) is 10.2 Å². The minimum absolute atomic E-state index is 0.102. The maximum Gasteiger partial charge on any atom is 0.312 e. The zero-order chi connectivity index (χ0) is 16.3. The first-order valence-electron chi connectivity index (χ1n) is 6.79. The molecule has 1 aromatic carbocycles. The van der Waals surface area contributed by atoms with Crippen LogP contribution in [0.3, 0.4) is 0 Å². The zero-order valence-corrected chi connectivity index (χ0v) is 12.9. The van der Waals surface area contributed by atoms with Crippen LogP contribution in [0.25, 0.3) is 10.9 Å². The van der Waals surface area contributed by atoms with E-state index in [1.807, 2.05) is 0 Å². The molecule has 0 fully saturated rings. The minimum atomic E-state index is -0.493. The zero-order valence-electron chi connectivity index (χ0n) is 12.9. The molecule has 0 unspecified atom stereocenters. The smallest absolute Gasteiger partial charge is 0.312 e. The lowest BCUT2D eigenvalue weighted by atomic mass is 10.1. The van der Waals surface area contributed by atoms with Crippen LogP contribution in [0.1, 0.15) is 19.5 Å². The fraction of sp³-hybridized carbons (Fsp3) is 0.400. The van der Waals surface area contributed by atoms with Crippen LogP contribution in [0.5, 0.6) is 11.5 Å². The van der Waals surface area contributed by atoms with E-state index in [1.54, 1.807) is 26.0 Å². The van der Waals surface area contributed by atoms with Gasteiger partial charge < -0.3 is 14.2 Å². The highest BCUT2D eigenvalue weighted by Gasteiger charge is 2.15. The van der Waals surface area contributed by atoms with E-state index in [-0.39, 0.29) is 23.6 Å². The number of fused-ring (bicyclic) bond motifs is 1. The average Bonchev–Trinajstić information content (AvgIpc) is 2.48. The van der Waals surface area contributed by atoms with Crippen LogP contribution in [0, 0.1) is 0 Å². The number of nitrogens with zero attached hydrogens (tertiary/aromatic N) is 1. The summed E-state index contributed by atoms with van der Waals surface area (Å²) in [6.07, 6.45) is -0.422. The minimum Gasteiger partial charge on any atom is -0.493 e. The molecule has 7 nitrogen and oxygen atoms in total. The van der Waals surface area contributed by atoms with Crippen molar-refractivity contribution >= 4 is 16.9 Å². The third-order valence-corrected chi connectivity index (χ3v) is 3.02. The monoisotopic (exact) mass is 306 g/mol. The molecule has 7 heteroatoms. The van der Waals surface area contributed by atoms with Crippen molar-refractivity contribution in [3.63, 3.8) is 0 Å². The molecule has 1 aromatic heterocycles. The Kier molecular flexibility index (Phi) is 4.65. The van der Waals surface area contributed by atoms with E-state index in [1.165, 1.54) is 14.2 Å². The van der Waals surface area contributed by atoms with Gasteiger partial charge in [-0.1, -0.05) is 0 Å². The first kappa shape index (κ1) is 15.8. The molecule has 2 rings (SSSR count). The van der Waals surface area contributed by atoms with Gasteiger partial charge in [-0.05, 0) is 19.9 Å². The predicted molar refractivity (Wildman–Crippen MR) is 80.4 cm³/mol. The van der Waals surface area contributed by atoms with E-state index >= 15 is 0 Å². The standard InChI is InChI=1S/C15H18N2O5/c1-8(2)22-14(18)7-11-15(19)9-5-12(20-3)13(21-4)6-10(9)16-17-11/h5-6,8H,7H2,1-4H3,(H,16,19). The fourth-order valence-corrected chi connectivity index (χ4v) is 2.05. The highest BCUT2D eigenvalue weighted by Crippen LogP contribution is 2.29. The third kappa shape index (κ3) is 3.19. The van der Waals surface area contributed by atoms with Gasteiger partial charge in [-0.15, -0.1) is 0 Å². The van der Waals surface area contributed by atoms with Crippen LogP contribution in [0.4, 0.5) is 0 Å². The Morgan fingerprint density at radius 1 is 1.23 bits per heavy atom. The second-order valence-electron chi connectivity index (χ2n) is 4.97. The lowest BCUT2D eigenvalue weighted by molar-refractivity contribution is -0.146. The molecule has 0 aliphatic heterocycles. The maximum atomic E-state index is 12.4. The molecule has 1 heterocycles. The van der Waals surface area contributed by atoms with Crippen LogP contribution in [0.15, 0.2) is 16.9 Å². The van der Waals surface area contributed by atoms with Gasteiger partial charge in [0, 0.05) is 6.07 Å². The second-order valence-corrected chi connectivity index (χ2v) is 4.97. The second kappa shape index (κ2) is 6.46. The number of carbonyl (C=O) groups excluding carboxylic acids is 1. The number of nitrogens with one attached hydrogen (secondary N) is 1. The molecule has 118 valence electrons. The van der Waals surface area contributed by atoms with Crippen molar-refractivity contribution in [2.75, 3.05) is 14.2 Å². The summed E-state index contributed by atoms with van der Waals surface area (Å²) in [4.78, 5) is 24.1. The Morgan fingerprint density at radius 3 is 2.45 bits per heavy atom. The van der Waals surface area contributed by atoms with Gasteiger partial charge in [-0.3, -0.25) is 14.7 Å². The van der Waals surface area contributed by atoms with Gasteiger partial charge in [0.1, 0.15) is 5.69 Å². The lowest BCUT2D eigenvalue weighted by Gasteiger charge is -2.10. The summed E-state index contributed by atoms with van der Waals surface area (Å²) in [7, 11) is 2.99. The van der Waals surface area contributed by atoms with Crippen LogP contribution >= 0.6 is 0 Å². The average molecular weight is 306 g/mol. The maximum absolute atomic E-state index is 12.4. The van der Waals surface area contributed by atoms with Crippen molar-refractivity contribution in [2.24, 2.45) is 0 Å². The molecular weight excluding hydrogens is 288 g/mol. The number of hydrogen-bond donors (Lipinski definition) is 1. The normalized spacial score (nSPS) is 10.8. The largest absolute Gasteiger partial charge is 0.493 e. The van der Waals surface area contributed by atoms with E-state index in [0.717, 1.165) is 0 Å². The SMILES string of the molecule is COc1cc2[nH]nc(CC(=O)OC(C)C)c(=O)c2cc1OC. The molecular formula is C15H18N2O5. The van der Waals surface area contributed by atoms with E-state index in [4.69, 9.17) is 14.2 Å². The van der Waals surface area contributed by atoms with Crippen molar-refractivity contribution in [1.82, 2.24) is 10.2 Å². The topological polar surface area (TPSA) is 90.5 Å².